The van der Waals surface area contributed by atoms with Gasteiger partial charge in [0.2, 0.25) is 0 Å². The van der Waals surface area contributed by atoms with Crippen LogP contribution in [0.15, 0.2) is 30.5 Å². The van der Waals surface area contributed by atoms with E-state index in [4.69, 9.17) is 17.0 Å². The van der Waals surface area contributed by atoms with Gasteiger partial charge in [-0.2, -0.15) is 0 Å². The summed E-state index contributed by atoms with van der Waals surface area (Å²) in [4.78, 5) is 13.8. The average Bonchev–Trinajstić information content (AvgIpc) is 3.04. The number of fused-ring (bicyclic) bond motifs is 1. The van der Waals surface area contributed by atoms with E-state index >= 15 is 0 Å². The lowest BCUT2D eigenvalue weighted by atomic mass is 10.2. The fraction of sp³-hybridized carbons (Fsp3) is 0.235. The van der Waals surface area contributed by atoms with Crippen molar-refractivity contribution in [3.05, 3.63) is 52.7 Å². The summed E-state index contributed by atoms with van der Waals surface area (Å²) in [6, 6.07) is 5.32. The third-order valence-electron chi connectivity index (χ3n) is 3.85. The number of hydrogen-bond acceptors (Lipinski definition) is 5. The number of amidine groups is 1. The fourth-order valence-corrected chi connectivity index (χ4v) is 2.64. The quantitative estimate of drug-likeness (QED) is 0.361. The Morgan fingerprint density at radius 3 is 2.81 bits per heavy atom. The SMILES string of the molecule is CN(C)CCc1nc2nccc(C(=N)N(O)c3ccc(F)c(Cl)c3)c2[nH]1. The molecule has 7 nitrogen and oxygen atoms in total. The number of halogens is 2. The zero-order valence-corrected chi connectivity index (χ0v) is 15.0. The number of aromatic amines is 1. The third-order valence-corrected chi connectivity index (χ3v) is 4.14. The largest absolute Gasteiger partial charge is 0.340 e. The van der Waals surface area contributed by atoms with Gasteiger partial charge in [0.15, 0.2) is 11.5 Å². The van der Waals surface area contributed by atoms with Crippen molar-refractivity contribution in [1.82, 2.24) is 19.9 Å². The summed E-state index contributed by atoms with van der Waals surface area (Å²) in [6.45, 7) is 0.812. The average molecular weight is 377 g/mol. The number of rotatable bonds is 5. The smallest absolute Gasteiger partial charge is 0.178 e. The first-order chi connectivity index (χ1) is 12.4. The second kappa shape index (κ2) is 7.36. The lowest BCUT2D eigenvalue weighted by molar-refractivity contribution is 0.312. The molecular formula is C17H18ClFN6O. The van der Waals surface area contributed by atoms with Gasteiger partial charge in [-0.25, -0.2) is 19.4 Å². The normalized spacial score (nSPS) is 11.3. The van der Waals surface area contributed by atoms with Crippen LogP contribution in [0.3, 0.4) is 0 Å². The highest BCUT2D eigenvalue weighted by Gasteiger charge is 2.18. The Kier molecular flexibility index (Phi) is 5.17. The molecule has 26 heavy (non-hydrogen) atoms. The zero-order chi connectivity index (χ0) is 18.8. The number of nitrogens with zero attached hydrogens (tertiary/aromatic N) is 4. The van der Waals surface area contributed by atoms with E-state index in [-0.39, 0.29) is 16.5 Å². The molecule has 0 bridgehead atoms. The van der Waals surface area contributed by atoms with Crippen LogP contribution >= 0.6 is 11.6 Å². The van der Waals surface area contributed by atoms with Crippen LogP contribution in [0.5, 0.6) is 0 Å². The van der Waals surface area contributed by atoms with Crippen molar-refractivity contribution in [3.63, 3.8) is 0 Å². The summed E-state index contributed by atoms with van der Waals surface area (Å²) in [6.07, 6.45) is 2.22. The Hall–Kier alpha value is -2.55. The minimum Gasteiger partial charge on any atom is -0.340 e. The molecule has 3 aromatic rings. The van der Waals surface area contributed by atoms with Gasteiger partial charge >= 0.3 is 0 Å². The van der Waals surface area contributed by atoms with Crippen LogP contribution in [0.4, 0.5) is 10.1 Å². The highest BCUT2D eigenvalue weighted by atomic mass is 35.5. The Morgan fingerprint density at radius 2 is 2.12 bits per heavy atom. The maximum Gasteiger partial charge on any atom is 0.178 e. The van der Waals surface area contributed by atoms with Gasteiger partial charge in [-0.15, -0.1) is 0 Å². The first kappa shape index (κ1) is 18.2. The van der Waals surface area contributed by atoms with E-state index in [9.17, 15) is 9.60 Å². The van der Waals surface area contributed by atoms with Crippen LogP contribution in [-0.4, -0.2) is 51.5 Å². The zero-order valence-electron chi connectivity index (χ0n) is 14.3. The first-order valence-electron chi connectivity index (χ1n) is 7.88. The summed E-state index contributed by atoms with van der Waals surface area (Å²) in [5.41, 5.74) is 1.62. The predicted octanol–water partition coefficient (Wildman–Crippen LogP) is 3.08. The van der Waals surface area contributed by atoms with Gasteiger partial charge < -0.3 is 9.88 Å². The number of pyridine rings is 1. The molecule has 0 amide bonds. The molecular weight excluding hydrogens is 359 g/mol. The Morgan fingerprint density at radius 1 is 1.35 bits per heavy atom. The molecule has 1 aromatic carbocycles. The van der Waals surface area contributed by atoms with Crippen LogP contribution in [0.2, 0.25) is 5.02 Å². The molecule has 0 aliphatic rings. The van der Waals surface area contributed by atoms with E-state index in [1.165, 1.54) is 18.3 Å². The topological polar surface area (TPSA) is 92.1 Å². The molecule has 0 atom stereocenters. The van der Waals surface area contributed by atoms with E-state index in [0.29, 0.717) is 28.2 Å². The van der Waals surface area contributed by atoms with E-state index in [0.717, 1.165) is 18.4 Å². The van der Waals surface area contributed by atoms with Crippen molar-refractivity contribution in [2.45, 2.75) is 6.42 Å². The Bertz CT molecular complexity index is 958. The van der Waals surface area contributed by atoms with Gasteiger partial charge in [0.05, 0.1) is 16.2 Å². The molecule has 0 spiro atoms. The van der Waals surface area contributed by atoms with Crippen molar-refractivity contribution < 1.29 is 9.60 Å². The van der Waals surface area contributed by atoms with Crippen molar-refractivity contribution in [2.24, 2.45) is 0 Å². The van der Waals surface area contributed by atoms with Gasteiger partial charge in [-0.1, -0.05) is 11.6 Å². The van der Waals surface area contributed by atoms with E-state index in [1.54, 1.807) is 6.07 Å². The summed E-state index contributed by atoms with van der Waals surface area (Å²) in [5, 5.41) is 19.2. The number of imidazole rings is 1. The molecule has 2 heterocycles. The summed E-state index contributed by atoms with van der Waals surface area (Å²) in [7, 11) is 3.94. The van der Waals surface area contributed by atoms with Crippen LogP contribution in [0, 0.1) is 11.2 Å². The number of hydroxylamine groups is 1. The second-order valence-corrected chi connectivity index (χ2v) is 6.46. The Balaban J connectivity index is 1.93. The fourth-order valence-electron chi connectivity index (χ4n) is 2.46. The van der Waals surface area contributed by atoms with E-state index in [1.807, 2.05) is 19.0 Å². The standard InChI is InChI=1S/C17H18ClFN6O/c1-24(2)8-6-14-22-15-11(5-7-21-17(15)23-14)16(20)25(26)10-3-4-13(19)12(18)9-10/h3-5,7,9,20,26H,6,8H2,1-2H3,(H,21,22,23). The molecule has 9 heteroatoms. The molecule has 3 rings (SSSR count). The number of anilines is 1. The minimum absolute atomic E-state index is 0.137. The monoisotopic (exact) mass is 376 g/mol. The maximum absolute atomic E-state index is 13.3. The number of H-pyrrole nitrogens is 1. The molecule has 0 saturated carbocycles. The molecule has 0 aliphatic carbocycles. The highest BCUT2D eigenvalue weighted by molar-refractivity contribution is 6.31. The number of nitrogens with one attached hydrogen (secondary N) is 2. The highest BCUT2D eigenvalue weighted by Crippen LogP contribution is 2.24. The molecule has 0 saturated heterocycles. The van der Waals surface area contributed by atoms with Crippen LogP contribution in [-0.2, 0) is 6.42 Å². The lowest BCUT2D eigenvalue weighted by Crippen LogP contribution is -2.27. The van der Waals surface area contributed by atoms with E-state index in [2.05, 4.69) is 15.0 Å². The van der Waals surface area contributed by atoms with Crippen molar-refractivity contribution in [1.29, 1.82) is 5.41 Å². The number of aromatic nitrogens is 3. The van der Waals surface area contributed by atoms with Gasteiger partial charge in [0.25, 0.3) is 0 Å². The van der Waals surface area contributed by atoms with Gasteiger partial charge in [-0.3, -0.25) is 10.6 Å². The maximum atomic E-state index is 13.3. The predicted molar refractivity (Wildman–Crippen MR) is 98.7 cm³/mol. The van der Waals surface area contributed by atoms with Gasteiger partial charge in [-0.05, 0) is 38.4 Å². The number of benzene rings is 1. The third kappa shape index (κ3) is 3.67. The molecule has 0 radical (unpaired) electrons. The van der Waals surface area contributed by atoms with Gasteiger partial charge in [0, 0.05) is 24.7 Å². The number of likely N-dealkylation sites (N-methyl/N-ethyl adjacent to an activating group) is 1. The first-order valence-corrected chi connectivity index (χ1v) is 8.26. The summed E-state index contributed by atoms with van der Waals surface area (Å²) in [5.74, 6) is -0.0561. The van der Waals surface area contributed by atoms with Crippen molar-refractivity contribution >= 4 is 34.3 Å². The summed E-state index contributed by atoms with van der Waals surface area (Å²) < 4.78 is 13.3. The van der Waals surface area contributed by atoms with E-state index < -0.39 is 5.82 Å². The lowest BCUT2D eigenvalue weighted by Gasteiger charge is -2.18. The molecule has 0 unspecified atom stereocenters. The van der Waals surface area contributed by atoms with Crippen molar-refractivity contribution in [2.75, 3.05) is 25.7 Å². The molecule has 3 N–H and O–H groups in total. The van der Waals surface area contributed by atoms with Crippen LogP contribution in [0.25, 0.3) is 11.2 Å². The van der Waals surface area contributed by atoms with Crippen molar-refractivity contribution in [3.8, 4) is 0 Å². The summed E-state index contributed by atoms with van der Waals surface area (Å²) >= 11 is 5.75. The second-order valence-electron chi connectivity index (χ2n) is 6.05. The molecule has 0 fully saturated rings. The van der Waals surface area contributed by atoms with Crippen LogP contribution < -0.4 is 5.06 Å². The molecule has 2 aromatic heterocycles. The molecule has 0 aliphatic heterocycles. The molecule has 136 valence electrons. The Labute approximate surface area is 154 Å². The minimum atomic E-state index is -0.597. The van der Waals surface area contributed by atoms with Gasteiger partial charge in [0.1, 0.15) is 11.6 Å². The van der Waals surface area contributed by atoms with Crippen LogP contribution in [0.1, 0.15) is 11.4 Å². The number of hydrogen-bond donors (Lipinski definition) is 3.